The molecule has 4 rings (SSSR count). The van der Waals surface area contributed by atoms with E-state index < -0.39 is 5.97 Å². The van der Waals surface area contributed by atoms with E-state index >= 15 is 0 Å². The summed E-state index contributed by atoms with van der Waals surface area (Å²) >= 11 is 0. The van der Waals surface area contributed by atoms with Crippen molar-refractivity contribution in [2.75, 3.05) is 37.7 Å². The second kappa shape index (κ2) is 12.5. The number of rotatable bonds is 7. The van der Waals surface area contributed by atoms with Gasteiger partial charge >= 0.3 is 5.97 Å². The Hall–Kier alpha value is -1.48. The molecule has 0 amide bonds. The van der Waals surface area contributed by atoms with Crippen molar-refractivity contribution in [1.82, 2.24) is 9.88 Å². The molecule has 3 heterocycles. The largest absolute Gasteiger partial charge is 0.478 e. The Bertz CT molecular complexity index is 955. The number of nitrogens with zero attached hydrogens (tertiary/aromatic N) is 3. The summed E-state index contributed by atoms with van der Waals surface area (Å²) in [4.78, 5) is 21.4. The Kier molecular flexibility index (Phi) is 9.95. The van der Waals surface area contributed by atoms with E-state index in [1.165, 1.54) is 0 Å². The van der Waals surface area contributed by atoms with Crippen molar-refractivity contribution in [2.45, 2.75) is 58.2 Å². The van der Waals surface area contributed by atoms with E-state index in [1.54, 1.807) is 6.07 Å². The number of aliphatic hydroxyl groups is 1. The van der Waals surface area contributed by atoms with Crippen LogP contribution in [-0.4, -0.2) is 101 Å². The molecular weight excluding hydrogens is 441 g/mol. The maximum Gasteiger partial charge on any atom is 0.336 e. The smallest absolute Gasteiger partial charge is 0.336 e. The molecule has 0 atom stereocenters. The Labute approximate surface area is 224 Å². The number of ether oxygens (including phenoxy) is 1. The van der Waals surface area contributed by atoms with Crippen LogP contribution in [0, 0.1) is 6.92 Å². The standard InChI is InChI=1S/C26H35N3O4.Na/c1-3-29(22-8-12-33-13-9-22)25-15-20(14-24(18(25)2)26(31)32)19-4-5-21(27-16-19)17-28-10-6-23(30)7-11-28;/h4-5,14-16,22-23,30H,3,6-13,17H2,1-2H3,(H,31,32);. The van der Waals surface area contributed by atoms with Crippen molar-refractivity contribution in [3.63, 3.8) is 0 Å². The van der Waals surface area contributed by atoms with Crippen molar-refractivity contribution in [1.29, 1.82) is 0 Å². The molecule has 0 unspecified atom stereocenters. The first-order chi connectivity index (χ1) is 16.0. The molecule has 179 valence electrons. The molecule has 1 aromatic carbocycles. The number of aromatic nitrogens is 1. The number of aromatic carboxylic acids is 1. The topological polar surface area (TPSA) is 86.1 Å². The zero-order chi connectivity index (χ0) is 23.4. The third kappa shape index (κ3) is 6.39. The van der Waals surface area contributed by atoms with E-state index in [4.69, 9.17) is 4.74 Å². The summed E-state index contributed by atoms with van der Waals surface area (Å²) in [7, 11) is 0. The van der Waals surface area contributed by atoms with Gasteiger partial charge in [-0.25, -0.2) is 4.79 Å². The number of carbonyl (C=O) groups is 1. The molecule has 0 bridgehead atoms. The Morgan fingerprint density at radius 1 is 1.15 bits per heavy atom. The average molecular weight is 477 g/mol. The van der Waals surface area contributed by atoms with Crippen molar-refractivity contribution < 1.29 is 19.7 Å². The van der Waals surface area contributed by atoms with Crippen molar-refractivity contribution in [2.24, 2.45) is 0 Å². The van der Waals surface area contributed by atoms with Gasteiger partial charge in [-0.3, -0.25) is 9.88 Å². The van der Waals surface area contributed by atoms with Gasteiger partial charge in [0.1, 0.15) is 0 Å². The third-order valence-electron chi connectivity index (χ3n) is 6.99. The van der Waals surface area contributed by atoms with E-state index in [1.807, 2.05) is 25.3 Å². The molecule has 1 radical (unpaired) electrons. The number of pyridine rings is 1. The molecule has 7 nitrogen and oxygen atoms in total. The summed E-state index contributed by atoms with van der Waals surface area (Å²) in [6.07, 6.45) is 5.18. The van der Waals surface area contributed by atoms with Crippen molar-refractivity contribution in [3.05, 3.63) is 47.3 Å². The molecular formula is C26H35N3NaO4. The fourth-order valence-electron chi connectivity index (χ4n) is 5.00. The fraction of sp³-hybridized carbons (Fsp3) is 0.538. The van der Waals surface area contributed by atoms with E-state index in [0.29, 0.717) is 11.6 Å². The summed E-state index contributed by atoms with van der Waals surface area (Å²) in [6.45, 7) is 8.86. The van der Waals surface area contributed by atoms with Crippen LogP contribution in [0.2, 0.25) is 0 Å². The van der Waals surface area contributed by atoms with Gasteiger partial charge in [0.25, 0.3) is 0 Å². The van der Waals surface area contributed by atoms with Gasteiger partial charge in [0, 0.05) is 92.4 Å². The number of hydrogen-bond acceptors (Lipinski definition) is 6. The average Bonchev–Trinajstić information content (AvgIpc) is 2.83. The SMILES string of the molecule is CCN(c1cc(-c2ccc(CN3CCC(O)CC3)nc2)cc(C(=O)O)c1C)C1CCOCC1.[Na]. The van der Waals surface area contributed by atoms with E-state index in [9.17, 15) is 15.0 Å². The molecule has 8 heteroatoms. The van der Waals surface area contributed by atoms with Gasteiger partial charge in [-0.15, -0.1) is 0 Å². The predicted molar refractivity (Wildman–Crippen MR) is 135 cm³/mol. The second-order valence-corrected chi connectivity index (χ2v) is 9.15. The van der Waals surface area contributed by atoms with E-state index in [-0.39, 0.29) is 35.7 Å². The molecule has 2 fully saturated rings. The van der Waals surface area contributed by atoms with Crippen LogP contribution < -0.4 is 4.90 Å². The number of carboxylic acid groups (broad SMARTS) is 1. The Morgan fingerprint density at radius 3 is 2.44 bits per heavy atom. The summed E-state index contributed by atoms with van der Waals surface area (Å²) in [6, 6.07) is 8.29. The number of benzene rings is 1. The van der Waals surface area contributed by atoms with Gasteiger partial charge in [-0.2, -0.15) is 0 Å². The van der Waals surface area contributed by atoms with Crippen molar-refractivity contribution in [3.8, 4) is 11.1 Å². The summed E-state index contributed by atoms with van der Waals surface area (Å²) < 4.78 is 5.54. The summed E-state index contributed by atoms with van der Waals surface area (Å²) in [5, 5.41) is 19.6. The maximum absolute atomic E-state index is 12.1. The number of carboxylic acids is 1. The molecule has 2 aromatic rings. The van der Waals surface area contributed by atoms with Gasteiger partial charge < -0.3 is 19.8 Å². The second-order valence-electron chi connectivity index (χ2n) is 9.15. The van der Waals surface area contributed by atoms with Crippen molar-refractivity contribution >= 4 is 41.2 Å². The van der Waals surface area contributed by atoms with E-state index in [2.05, 4.69) is 27.8 Å². The molecule has 0 spiro atoms. The van der Waals surface area contributed by atoms with Gasteiger partial charge in [-0.1, -0.05) is 6.07 Å². The molecule has 34 heavy (non-hydrogen) atoms. The molecule has 2 saturated heterocycles. The first kappa shape index (κ1) is 27.1. The number of piperidine rings is 1. The first-order valence-electron chi connectivity index (χ1n) is 12.0. The Balaban J connectivity index is 0.00000324. The molecule has 0 saturated carbocycles. The molecule has 0 aliphatic carbocycles. The molecule has 2 aliphatic heterocycles. The van der Waals surface area contributed by atoms with Crippen LogP contribution >= 0.6 is 0 Å². The minimum Gasteiger partial charge on any atom is -0.478 e. The van der Waals surface area contributed by atoms with Crippen LogP contribution in [0.1, 0.15) is 54.2 Å². The Morgan fingerprint density at radius 2 is 1.85 bits per heavy atom. The van der Waals surface area contributed by atoms with Crippen LogP contribution in [0.5, 0.6) is 0 Å². The van der Waals surface area contributed by atoms with Gasteiger partial charge in [0.2, 0.25) is 0 Å². The fourth-order valence-corrected chi connectivity index (χ4v) is 5.00. The molecule has 2 N–H and O–H groups in total. The van der Waals surface area contributed by atoms with Crippen LogP contribution in [0.3, 0.4) is 0 Å². The normalized spacial score (nSPS) is 17.9. The zero-order valence-corrected chi connectivity index (χ0v) is 22.7. The number of aliphatic hydroxyl groups excluding tert-OH is 1. The minimum absolute atomic E-state index is 0. The quantitative estimate of drug-likeness (QED) is 0.593. The first-order valence-corrected chi connectivity index (χ1v) is 12.0. The maximum atomic E-state index is 12.1. The number of likely N-dealkylation sites (tertiary alicyclic amines) is 1. The third-order valence-corrected chi connectivity index (χ3v) is 6.99. The minimum atomic E-state index is -0.907. The zero-order valence-electron chi connectivity index (χ0n) is 20.7. The monoisotopic (exact) mass is 476 g/mol. The molecule has 1 aromatic heterocycles. The van der Waals surface area contributed by atoms with Crippen LogP contribution in [0.4, 0.5) is 5.69 Å². The predicted octanol–water partition coefficient (Wildman–Crippen LogP) is 3.34. The van der Waals surface area contributed by atoms with Gasteiger partial charge in [0.15, 0.2) is 0 Å². The summed E-state index contributed by atoms with van der Waals surface area (Å²) in [5.74, 6) is -0.907. The van der Waals surface area contributed by atoms with Crippen LogP contribution in [0.15, 0.2) is 30.5 Å². The van der Waals surface area contributed by atoms with Crippen LogP contribution in [0.25, 0.3) is 11.1 Å². The van der Waals surface area contributed by atoms with Gasteiger partial charge in [-0.05, 0) is 68.9 Å². The number of hydrogen-bond donors (Lipinski definition) is 2. The number of anilines is 1. The molecule has 2 aliphatic rings. The summed E-state index contributed by atoms with van der Waals surface area (Å²) in [5.41, 5.74) is 4.90. The van der Waals surface area contributed by atoms with Gasteiger partial charge in [0.05, 0.1) is 17.4 Å². The van der Waals surface area contributed by atoms with Crippen LogP contribution in [-0.2, 0) is 11.3 Å². The van der Waals surface area contributed by atoms with E-state index in [0.717, 1.165) is 93.1 Å².